The predicted octanol–water partition coefficient (Wildman–Crippen LogP) is 1.41. The van der Waals surface area contributed by atoms with Crippen molar-refractivity contribution in [2.45, 2.75) is 18.7 Å². The molecule has 20 heavy (non-hydrogen) atoms. The number of nitrogens with two attached hydrogens (primary N) is 1. The molecule has 0 heterocycles. The Labute approximate surface area is 119 Å². The first kappa shape index (κ1) is 16.6. The Bertz CT molecular complexity index is 630. The standard InChI is InChI=1S/C14H19FN2O2S/c1-11(2)10-17(3)20(18,19)13-7-6-12(5-4-8-16)14(15)9-13/h6-7,9,11H,8,10,16H2,1-3H3. The SMILES string of the molecule is CC(C)CN(C)S(=O)(=O)c1ccc(C#CCN)c(F)c1. The van der Waals surface area contributed by atoms with Crippen LogP contribution in [0.15, 0.2) is 23.1 Å². The van der Waals surface area contributed by atoms with Crippen LogP contribution in [0.2, 0.25) is 0 Å². The number of benzene rings is 1. The molecule has 0 fully saturated rings. The van der Waals surface area contributed by atoms with E-state index in [1.54, 1.807) is 0 Å². The number of sulfonamides is 1. The molecule has 0 saturated heterocycles. The molecule has 1 rings (SSSR count). The van der Waals surface area contributed by atoms with Crippen LogP contribution in [0.4, 0.5) is 4.39 Å². The Hall–Kier alpha value is -1.42. The molecule has 0 aromatic heterocycles. The average Bonchev–Trinajstić information content (AvgIpc) is 2.36. The monoisotopic (exact) mass is 298 g/mol. The fourth-order valence-electron chi connectivity index (χ4n) is 1.70. The van der Waals surface area contributed by atoms with Gasteiger partial charge in [0, 0.05) is 13.6 Å². The molecule has 0 aliphatic carbocycles. The Morgan fingerprint density at radius 1 is 1.40 bits per heavy atom. The van der Waals surface area contributed by atoms with Crippen molar-refractivity contribution in [1.82, 2.24) is 4.31 Å². The zero-order valence-electron chi connectivity index (χ0n) is 11.9. The molecule has 4 nitrogen and oxygen atoms in total. The van der Waals surface area contributed by atoms with Crippen molar-refractivity contribution >= 4 is 10.0 Å². The second kappa shape index (κ2) is 6.84. The van der Waals surface area contributed by atoms with Crippen molar-refractivity contribution < 1.29 is 12.8 Å². The van der Waals surface area contributed by atoms with Gasteiger partial charge in [-0.3, -0.25) is 0 Å². The first-order chi connectivity index (χ1) is 9.28. The van der Waals surface area contributed by atoms with Gasteiger partial charge in [0.2, 0.25) is 10.0 Å². The molecule has 0 spiro atoms. The maximum absolute atomic E-state index is 13.8. The molecule has 0 bridgehead atoms. The van der Waals surface area contributed by atoms with E-state index in [2.05, 4.69) is 11.8 Å². The highest BCUT2D eigenvalue weighted by molar-refractivity contribution is 7.89. The lowest BCUT2D eigenvalue weighted by Gasteiger charge is -2.19. The Balaban J connectivity index is 3.12. The maximum atomic E-state index is 13.8. The topological polar surface area (TPSA) is 63.4 Å². The van der Waals surface area contributed by atoms with Crippen molar-refractivity contribution in [3.63, 3.8) is 0 Å². The summed E-state index contributed by atoms with van der Waals surface area (Å²) in [5, 5.41) is 0. The van der Waals surface area contributed by atoms with Crippen molar-refractivity contribution in [2.24, 2.45) is 11.7 Å². The van der Waals surface area contributed by atoms with Crippen molar-refractivity contribution in [2.75, 3.05) is 20.1 Å². The quantitative estimate of drug-likeness (QED) is 0.855. The van der Waals surface area contributed by atoms with Crippen LogP contribution >= 0.6 is 0 Å². The molecule has 0 aliphatic heterocycles. The first-order valence-electron chi connectivity index (χ1n) is 6.24. The summed E-state index contributed by atoms with van der Waals surface area (Å²) < 4.78 is 39.5. The molecule has 0 saturated carbocycles. The summed E-state index contributed by atoms with van der Waals surface area (Å²) in [6.07, 6.45) is 0. The van der Waals surface area contributed by atoms with E-state index in [0.717, 1.165) is 6.07 Å². The molecule has 1 aromatic carbocycles. The molecule has 0 amide bonds. The van der Waals surface area contributed by atoms with Crippen LogP contribution < -0.4 is 5.73 Å². The number of rotatable bonds is 4. The number of hydrogen-bond acceptors (Lipinski definition) is 3. The minimum atomic E-state index is -3.67. The summed E-state index contributed by atoms with van der Waals surface area (Å²) in [5.74, 6) is 4.61. The molecule has 0 atom stereocenters. The molecule has 0 radical (unpaired) electrons. The lowest BCUT2D eigenvalue weighted by atomic mass is 10.2. The molecular weight excluding hydrogens is 279 g/mol. The van der Waals surface area contributed by atoms with Gasteiger partial charge in [-0.2, -0.15) is 0 Å². The number of nitrogens with zero attached hydrogens (tertiary/aromatic N) is 1. The summed E-state index contributed by atoms with van der Waals surface area (Å²) in [5.41, 5.74) is 5.35. The molecule has 0 aliphatic rings. The van der Waals surface area contributed by atoms with Gasteiger partial charge in [-0.15, -0.1) is 0 Å². The van der Waals surface area contributed by atoms with Gasteiger partial charge in [-0.1, -0.05) is 25.7 Å². The smallest absolute Gasteiger partial charge is 0.242 e. The van der Waals surface area contributed by atoms with Crippen LogP contribution in [-0.4, -0.2) is 32.9 Å². The number of halogens is 1. The van der Waals surface area contributed by atoms with Gasteiger partial charge in [0.15, 0.2) is 0 Å². The minimum Gasteiger partial charge on any atom is -0.320 e. The van der Waals surface area contributed by atoms with Gasteiger partial charge < -0.3 is 5.73 Å². The van der Waals surface area contributed by atoms with E-state index < -0.39 is 15.8 Å². The Kier molecular flexibility index (Phi) is 5.69. The summed E-state index contributed by atoms with van der Waals surface area (Å²) >= 11 is 0. The Morgan fingerprint density at radius 2 is 2.05 bits per heavy atom. The van der Waals surface area contributed by atoms with Crippen LogP contribution in [0, 0.1) is 23.6 Å². The van der Waals surface area contributed by atoms with Crippen LogP contribution in [0.1, 0.15) is 19.4 Å². The van der Waals surface area contributed by atoms with Crippen LogP contribution in [0.25, 0.3) is 0 Å². The van der Waals surface area contributed by atoms with Gasteiger partial charge in [-0.25, -0.2) is 17.1 Å². The zero-order chi connectivity index (χ0) is 15.3. The second-order valence-electron chi connectivity index (χ2n) is 4.83. The lowest BCUT2D eigenvalue weighted by Crippen LogP contribution is -2.30. The van der Waals surface area contributed by atoms with Crippen molar-refractivity contribution in [3.8, 4) is 11.8 Å². The Morgan fingerprint density at radius 3 is 2.55 bits per heavy atom. The highest BCUT2D eigenvalue weighted by Crippen LogP contribution is 2.18. The van der Waals surface area contributed by atoms with Gasteiger partial charge in [0.1, 0.15) is 5.82 Å². The highest BCUT2D eigenvalue weighted by atomic mass is 32.2. The first-order valence-corrected chi connectivity index (χ1v) is 7.68. The summed E-state index contributed by atoms with van der Waals surface area (Å²) in [6, 6.07) is 3.70. The van der Waals surface area contributed by atoms with E-state index in [-0.39, 0.29) is 22.9 Å². The third-order valence-corrected chi connectivity index (χ3v) is 4.42. The van der Waals surface area contributed by atoms with Crippen LogP contribution in [0.3, 0.4) is 0 Å². The largest absolute Gasteiger partial charge is 0.320 e. The van der Waals surface area contributed by atoms with E-state index in [1.807, 2.05) is 13.8 Å². The third kappa shape index (κ3) is 4.04. The average molecular weight is 298 g/mol. The van der Waals surface area contributed by atoms with Crippen molar-refractivity contribution in [1.29, 1.82) is 0 Å². The van der Waals surface area contributed by atoms with E-state index in [9.17, 15) is 12.8 Å². The van der Waals surface area contributed by atoms with E-state index >= 15 is 0 Å². The fraction of sp³-hybridized carbons (Fsp3) is 0.429. The normalized spacial score (nSPS) is 11.6. The summed E-state index contributed by atoms with van der Waals surface area (Å²) in [6.45, 7) is 4.32. The van der Waals surface area contributed by atoms with Gasteiger partial charge in [0.05, 0.1) is 17.0 Å². The summed E-state index contributed by atoms with van der Waals surface area (Å²) in [4.78, 5) is -0.0727. The molecule has 1 aromatic rings. The highest BCUT2D eigenvalue weighted by Gasteiger charge is 2.22. The molecular formula is C14H19FN2O2S. The second-order valence-corrected chi connectivity index (χ2v) is 6.87. The minimum absolute atomic E-state index is 0.0727. The predicted molar refractivity (Wildman–Crippen MR) is 77.0 cm³/mol. The van der Waals surface area contributed by atoms with Crippen LogP contribution in [-0.2, 0) is 10.0 Å². The van der Waals surface area contributed by atoms with Crippen LogP contribution in [0.5, 0.6) is 0 Å². The van der Waals surface area contributed by atoms with Gasteiger partial charge >= 0.3 is 0 Å². The molecule has 2 N–H and O–H groups in total. The van der Waals surface area contributed by atoms with E-state index in [1.165, 1.54) is 23.5 Å². The summed E-state index contributed by atoms with van der Waals surface area (Å²) in [7, 11) is -2.19. The molecule has 0 unspecified atom stereocenters. The van der Waals surface area contributed by atoms with Gasteiger partial charge in [0.25, 0.3) is 0 Å². The molecule has 6 heteroatoms. The van der Waals surface area contributed by atoms with Gasteiger partial charge in [-0.05, 0) is 24.1 Å². The maximum Gasteiger partial charge on any atom is 0.242 e. The van der Waals surface area contributed by atoms with E-state index in [0.29, 0.717) is 6.54 Å². The van der Waals surface area contributed by atoms with Crippen molar-refractivity contribution in [3.05, 3.63) is 29.6 Å². The fourth-order valence-corrected chi connectivity index (χ4v) is 3.04. The van der Waals surface area contributed by atoms with E-state index in [4.69, 9.17) is 5.73 Å². The zero-order valence-corrected chi connectivity index (χ0v) is 12.7. The molecule has 110 valence electrons. The lowest BCUT2D eigenvalue weighted by molar-refractivity contribution is 0.417. The third-order valence-electron chi connectivity index (χ3n) is 2.60. The number of hydrogen-bond donors (Lipinski definition) is 1.